The van der Waals surface area contributed by atoms with Crippen molar-refractivity contribution in [3.8, 4) is 6.07 Å². The maximum atomic E-state index is 10.5. The van der Waals surface area contributed by atoms with Crippen LogP contribution in [-0.4, -0.2) is 6.29 Å². The third-order valence-electron chi connectivity index (χ3n) is 1.85. The normalized spacial score (nSPS) is 11.8. The van der Waals surface area contributed by atoms with E-state index in [1.807, 2.05) is 6.07 Å². The Labute approximate surface area is 82.6 Å². The van der Waals surface area contributed by atoms with Gasteiger partial charge in [0.2, 0.25) is 0 Å². The monoisotopic (exact) mass is 191 g/mol. The fraction of sp³-hybridized carbons (Fsp3) is 0.200. The topological polar surface area (TPSA) is 40.9 Å². The highest BCUT2D eigenvalue weighted by Gasteiger charge is 2.07. The number of rotatable bonds is 2. The SMILES string of the molecule is CC(C=O)c1ccc(C#N)cc1S. The average Bonchev–Trinajstić information content (AvgIpc) is 2.16. The first-order valence-electron chi connectivity index (χ1n) is 3.87. The number of carbonyl (C=O) groups is 1. The maximum absolute atomic E-state index is 10.5. The van der Waals surface area contributed by atoms with Gasteiger partial charge in [-0.2, -0.15) is 5.26 Å². The lowest BCUT2D eigenvalue weighted by Crippen LogP contribution is -1.96. The Morgan fingerprint density at radius 3 is 2.77 bits per heavy atom. The van der Waals surface area contributed by atoms with E-state index < -0.39 is 0 Å². The smallest absolute Gasteiger partial charge is 0.127 e. The van der Waals surface area contributed by atoms with Gasteiger partial charge < -0.3 is 4.79 Å². The number of nitrogens with zero attached hydrogens (tertiary/aromatic N) is 1. The van der Waals surface area contributed by atoms with Gasteiger partial charge >= 0.3 is 0 Å². The van der Waals surface area contributed by atoms with Gasteiger partial charge in [-0.1, -0.05) is 13.0 Å². The molecule has 0 radical (unpaired) electrons. The van der Waals surface area contributed by atoms with Crippen molar-refractivity contribution < 1.29 is 4.79 Å². The zero-order chi connectivity index (χ0) is 9.84. The Balaban J connectivity index is 3.13. The highest BCUT2D eigenvalue weighted by molar-refractivity contribution is 7.80. The third-order valence-corrected chi connectivity index (χ3v) is 2.24. The molecule has 0 N–H and O–H groups in total. The number of hydrogen-bond acceptors (Lipinski definition) is 3. The predicted molar refractivity (Wildman–Crippen MR) is 52.9 cm³/mol. The van der Waals surface area contributed by atoms with Crippen LogP contribution >= 0.6 is 12.6 Å². The lowest BCUT2D eigenvalue weighted by molar-refractivity contribution is -0.108. The van der Waals surface area contributed by atoms with Gasteiger partial charge in [-0.25, -0.2) is 0 Å². The summed E-state index contributed by atoms with van der Waals surface area (Å²) >= 11 is 4.20. The molecule has 1 rings (SSSR count). The van der Waals surface area contributed by atoms with E-state index in [0.29, 0.717) is 10.5 Å². The van der Waals surface area contributed by atoms with E-state index in [2.05, 4.69) is 12.6 Å². The molecule has 13 heavy (non-hydrogen) atoms. The van der Waals surface area contributed by atoms with Gasteiger partial charge in [-0.3, -0.25) is 0 Å². The highest BCUT2D eigenvalue weighted by Crippen LogP contribution is 2.22. The summed E-state index contributed by atoms with van der Waals surface area (Å²) in [6.45, 7) is 1.80. The lowest BCUT2D eigenvalue weighted by atomic mass is 10.0. The van der Waals surface area contributed by atoms with E-state index >= 15 is 0 Å². The molecule has 0 fully saturated rings. The number of nitriles is 1. The van der Waals surface area contributed by atoms with E-state index in [9.17, 15) is 4.79 Å². The number of carbonyl (C=O) groups excluding carboxylic acids is 1. The highest BCUT2D eigenvalue weighted by atomic mass is 32.1. The first-order valence-corrected chi connectivity index (χ1v) is 4.32. The van der Waals surface area contributed by atoms with Crippen molar-refractivity contribution in [2.75, 3.05) is 0 Å². The Hall–Kier alpha value is -1.27. The molecule has 2 nitrogen and oxygen atoms in total. The second kappa shape index (κ2) is 4.11. The fourth-order valence-corrected chi connectivity index (χ4v) is 1.49. The molecule has 0 aromatic heterocycles. The van der Waals surface area contributed by atoms with Crippen LogP contribution in [0.5, 0.6) is 0 Å². The average molecular weight is 191 g/mol. The molecule has 0 amide bonds. The van der Waals surface area contributed by atoms with Gasteiger partial charge in [0.25, 0.3) is 0 Å². The van der Waals surface area contributed by atoms with E-state index in [1.54, 1.807) is 25.1 Å². The van der Waals surface area contributed by atoms with Crippen LogP contribution in [0.4, 0.5) is 0 Å². The summed E-state index contributed by atoms with van der Waals surface area (Å²) in [6, 6.07) is 7.13. The van der Waals surface area contributed by atoms with Crippen molar-refractivity contribution in [2.45, 2.75) is 17.7 Å². The van der Waals surface area contributed by atoms with E-state index in [1.165, 1.54) is 0 Å². The van der Waals surface area contributed by atoms with Crippen LogP contribution in [0.3, 0.4) is 0 Å². The summed E-state index contributed by atoms with van der Waals surface area (Å²) in [5.41, 5.74) is 1.42. The number of benzene rings is 1. The summed E-state index contributed by atoms with van der Waals surface area (Å²) in [5.74, 6) is -0.166. The quantitative estimate of drug-likeness (QED) is 0.574. The molecule has 0 saturated carbocycles. The van der Waals surface area contributed by atoms with Gasteiger partial charge in [-0.15, -0.1) is 12.6 Å². The van der Waals surface area contributed by atoms with Crippen LogP contribution in [0.15, 0.2) is 23.1 Å². The Kier molecular flexibility index (Phi) is 3.10. The molecule has 0 aliphatic heterocycles. The first-order chi connectivity index (χ1) is 6.19. The molecular weight excluding hydrogens is 182 g/mol. The molecule has 66 valence electrons. The van der Waals surface area contributed by atoms with Crippen molar-refractivity contribution >= 4 is 18.9 Å². The van der Waals surface area contributed by atoms with Crippen molar-refractivity contribution in [3.63, 3.8) is 0 Å². The molecule has 1 unspecified atom stereocenters. The molecule has 0 spiro atoms. The molecule has 0 bridgehead atoms. The third kappa shape index (κ3) is 2.10. The van der Waals surface area contributed by atoms with Crippen LogP contribution in [-0.2, 0) is 4.79 Å². The first kappa shape index (κ1) is 9.82. The van der Waals surface area contributed by atoms with E-state index in [-0.39, 0.29) is 5.92 Å². The Bertz CT molecular complexity index is 368. The summed E-state index contributed by atoms with van der Waals surface area (Å²) in [5, 5.41) is 8.60. The molecule has 1 atom stereocenters. The molecule has 1 aromatic carbocycles. The van der Waals surface area contributed by atoms with Crippen LogP contribution in [0.2, 0.25) is 0 Å². The van der Waals surface area contributed by atoms with Crippen molar-refractivity contribution in [1.29, 1.82) is 5.26 Å². The summed E-state index contributed by atoms with van der Waals surface area (Å²) < 4.78 is 0. The Morgan fingerprint density at radius 2 is 2.31 bits per heavy atom. The van der Waals surface area contributed by atoms with Crippen molar-refractivity contribution in [3.05, 3.63) is 29.3 Å². The number of aldehydes is 1. The summed E-state index contributed by atoms with van der Waals surface area (Å²) in [7, 11) is 0. The van der Waals surface area contributed by atoms with Crippen LogP contribution in [0.1, 0.15) is 24.0 Å². The van der Waals surface area contributed by atoms with Crippen LogP contribution < -0.4 is 0 Å². The van der Waals surface area contributed by atoms with Gasteiger partial charge in [0.15, 0.2) is 0 Å². The molecule has 0 aliphatic carbocycles. The van der Waals surface area contributed by atoms with Gasteiger partial charge in [-0.05, 0) is 17.7 Å². The molecule has 1 aromatic rings. The van der Waals surface area contributed by atoms with E-state index in [0.717, 1.165) is 11.8 Å². The summed E-state index contributed by atoms with van der Waals surface area (Å²) in [4.78, 5) is 11.2. The minimum absolute atomic E-state index is 0.166. The maximum Gasteiger partial charge on any atom is 0.127 e. The lowest BCUT2D eigenvalue weighted by Gasteiger charge is -2.06. The number of thiol groups is 1. The zero-order valence-corrected chi connectivity index (χ0v) is 8.08. The molecule has 0 heterocycles. The van der Waals surface area contributed by atoms with Crippen LogP contribution in [0, 0.1) is 11.3 Å². The number of hydrogen-bond donors (Lipinski definition) is 1. The molecule has 0 saturated heterocycles. The van der Waals surface area contributed by atoms with Crippen molar-refractivity contribution in [2.24, 2.45) is 0 Å². The van der Waals surface area contributed by atoms with Crippen LogP contribution in [0.25, 0.3) is 0 Å². The zero-order valence-electron chi connectivity index (χ0n) is 7.19. The second-order valence-electron chi connectivity index (χ2n) is 2.81. The Morgan fingerprint density at radius 1 is 1.62 bits per heavy atom. The largest absolute Gasteiger partial charge is 0.303 e. The van der Waals surface area contributed by atoms with Gasteiger partial charge in [0, 0.05) is 10.8 Å². The van der Waals surface area contributed by atoms with E-state index in [4.69, 9.17) is 5.26 Å². The second-order valence-corrected chi connectivity index (χ2v) is 3.29. The fourth-order valence-electron chi connectivity index (χ4n) is 1.07. The molecule has 0 aliphatic rings. The van der Waals surface area contributed by atoms with Gasteiger partial charge in [0.1, 0.15) is 6.29 Å². The van der Waals surface area contributed by atoms with Gasteiger partial charge in [0.05, 0.1) is 11.6 Å². The summed E-state index contributed by atoms with van der Waals surface area (Å²) in [6.07, 6.45) is 0.862. The molecule has 3 heteroatoms. The minimum Gasteiger partial charge on any atom is -0.303 e. The predicted octanol–water partition coefficient (Wildman–Crippen LogP) is 2.15. The van der Waals surface area contributed by atoms with Crippen molar-refractivity contribution in [1.82, 2.24) is 0 Å². The minimum atomic E-state index is -0.166. The molecular formula is C10H9NOS. The standard InChI is InChI=1S/C10H9NOS/c1-7(6-12)9-3-2-8(5-11)4-10(9)13/h2-4,6-7,13H,1H3.